The summed E-state index contributed by atoms with van der Waals surface area (Å²) in [4.78, 5) is 0. The Morgan fingerprint density at radius 1 is 0.882 bits per heavy atom. The van der Waals surface area contributed by atoms with Crippen LogP contribution in [-0.2, 0) is 0 Å². The van der Waals surface area contributed by atoms with Crippen LogP contribution in [0.3, 0.4) is 0 Å². The lowest BCUT2D eigenvalue weighted by molar-refractivity contribution is 0.339. The van der Waals surface area contributed by atoms with Gasteiger partial charge in [-0.2, -0.15) is 0 Å². The molecule has 0 aliphatic rings. The molecular weight excluding hydrogens is 204 g/mol. The minimum atomic E-state index is 0.833. The van der Waals surface area contributed by atoms with Crippen LogP contribution in [0, 0.1) is 17.8 Å². The lowest BCUT2D eigenvalue weighted by Gasteiger charge is -2.19. The van der Waals surface area contributed by atoms with Gasteiger partial charge < -0.3 is 0 Å². The summed E-state index contributed by atoms with van der Waals surface area (Å²) in [5, 5.41) is 0. The maximum absolute atomic E-state index is 2.36. The van der Waals surface area contributed by atoms with E-state index in [1.165, 1.54) is 19.3 Å². The first-order valence-corrected chi connectivity index (χ1v) is 7.60. The third-order valence-electron chi connectivity index (χ3n) is 2.60. The Morgan fingerprint density at radius 2 is 1.24 bits per heavy atom. The first-order chi connectivity index (χ1) is 7.99. The van der Waals surface area contributed by atoms with Crippen molar-refractivity contribution in [2.45, 2.75) is 81.6 Å². The van der Waals surface area contributed by atoms with Gasteiger partial charge in [-0.15, -0.1) is 0 Å². The van der Waals surface area contributed by atoms with Gasteiger partial charge in [0.25, 0.3) is 0 Å². The van der Waals surface area contributed by atoms with Crippen LogP contribution < -0.4 is 0 Å². The zero-order chi connectivity index (χ0) is 14.3. The second kappa shape index (κ2) is 18.1. The molecule has 0 aliphatic carbocycles. The van der Waals surface area contributed by atoms with E-state index in [9.17, 15) is 0 Å². The van der Waals surface area contributed by atoms with Gasteiger partial charge in [-0.25, -0.2) is 0 Å². The van der Waals surface area contributed by atoms with Crippen LogP contribution in [-0.4, -0.2) is 0 Å². The van der Waals surface area contributed by atoms with Crippen molar-refractivity contribution in [2.75, 3.05) is 0 Å². The summed E-state index contributed by atoms with van der Waals surface area (Å²) in [6.45, 7) is 19.5. The number of hydrogen-bond donors (Lipinski definition) is 0. The van der Waals surface area contributed by atoms with Crippen LogP contribution in [0.2, 0.25) is 0 Å². The van der Waals surface area contributed by atoms with E-state index < -0.39 is 0 Å². The molecule has 0 N–H and O–H groups in total. The second-order valence-corrected chi connectivity index (χ2v) is 5.09. The molecule has 0 aromatic carbocycles. The molecule has 0 bridgehead atoms. The Bertz CT molecular complexity index is 126. The Kier molecular flexibility index (Phi) is 23.4. The van der Waals surface area contributed by atoms with E-state index in [2.05, 4.69) is 60.6 Å². The molecule has 1 unspecified atom stereocenters. The van der Waals surface area contributed by atoms with Crippen LogP contribution in [0.1, 0.15) is 81.6 Å². The number of rotatable bonds is 5. The van der Waals surface area contributed by atoms with Gasteiger partial charge >= 0.3 is 0 Å². The Hall–Kier alpha value is -0.260. The fraction of sp³-hybridized carbons (Fsp3) is 0.882. The van der Waals surface area contributed by atoms with Gasteiger partial charge in [0.15, 0.2) is 0 Å². The zero-order valence-corrected chi connectivity index (χ0v) is 14.0. The molecule has 106 valence electrons. The molecular formula is C17H38. The molecule has 0 amide bonds. The maximum atomic E-state index is 2.36. The summed E-state index contributed by atoms with van der Waals surface area (Å²) in [6, 6.07) is 0. The monoisotopic (exact) mass is 242 g/mol. The Balaban J connectivity index is -0.000000275. The third-order valence-corrected chi connectivity index (χ3v) is 2.60. The molecule has 0 saturated carbocycles. The zero-order valence-electron chi connectivity index (χ0n) is 14.0. The summed E-state index contributed by atoms with van der Waals surface area (Å²) in [6.07, 6.45) is 8.34. The van der Waals surface area contributed by atoms with Crippen molar-refractivity contribution in [3.05, 3.63) is 12.2 Å². The second-order valence-electron chi connectivity index (χ2n) is 5.09. The quantitative estimate of drug-likeness (QED) is 0.470. The van der Waals surface area contributed by atoms with E-state index >= 15 is 0 Å². The average molecular weight is 242 g/mol. The fourth-order valence-electron chi connectivity index (χ4n) is 1.64. The van der Waals surface area contributed by atoms with Gasteiger partial charge in [0.2, 0.25) is 0 Å². The smallest absolute Gasteiger partial charge is 0.0322 e. The van der Waals surface area contributed by atoms with Crippen molar-refractivity contribution in [3.8, 4) is 0 Å². The van der Waals surface area contributed by atoms with E-state index in [0.717, 1.165) is 17.8 Å². The highest BCUT2D eigenvalue weighted by atomic mass is 14.2. The van der Waals surface area contributed by atoms with E-state index in [4.69, 9.17) is 0 Å². The fourth-order valence-corrected chi connectivity index (χ4v) is 1.64. The molecule has 0 aliphatic heterocycles. The van der Waals surface area contributed by atoms with Gasteiger partial charge in [0.1, 0.15) is 0 Å². The van der Waals surface area contributed by atoms with Gasteiger partial charge in [-0.05, 0) is 31.1 Å². The molecule has 0 rings (SSSR count). The average Bonchev–Trinajstić information content (AvgIpc) is 2.30. The van der Waals surface area contributed by atoms with E-state index in [0.29, 0.717) is 0 Å². The minimum Gasteiger partial charge on any atom is -0.0917 e. The molecule has 0 aromatic heterocycles. The normalized spacial score (nSPS) is 11.9. The van der Waals surface area contributed by atoms with Gasteiger partial charge in [-0.1, -0.05) is 80.4 Å². The number of allylic oxidation sites excluding steroid dienone is 2. The van der Waals surface area contributed by atoms with Crippen LogP contribution in [0.15, 0.2) is 12.2 Å². The van der Waals surface area contributed by atoms with Gasteiger partial charge in [-0.3, -0.25) is 0 Å². The predicted molar refractivity (Wildman–Crippen MR) is 84.5 cm³/mol. The van der Waals surface area contributed by atoms with Crippen LogP contribution in [0.4, 0.5) is 0 Å². The van der Waals surface area contributed by atoms with E-state index in [1.807, 2.05) is 13.8 Å². The standard InChI is InChI=1S/C11H22.C4H10.C2H6/c1-5-8-9-10(4)11(6-2)7-3;1-4(2)3;1-2/h5,8,10-11H,6-7,9H2,1-4H3;4H,1-3H3;1-2H3/b8-5-;;. The molecule has 1 atom stereocenters. The molecule has 0 nitrogen and oxygen atoms in total. The molecule has 0 aromatic rings. The first-order valence-electron chi connectivity index (χ1n) is 7.60. The number of hydrogen-bond acceptors (Lipinski definition) is 0. The topological polar surface area (TPSA) is 0 Å². The van der Waals surface area contributed by atoms with Gasteiger partial charge in [0, 0.05) is 0 Å². The van der Waals surface area contributed by atoms with Crippen molar-refractivity contribution >= 4 is 0 Å². The van der Waals surface area contributed by atoms with Crippen LogP contribution >= 0.6 is 0 Å². The molecule has 0 heteroatoms. The first kappa shape index (κ1) is 22.0. The lowest BCUT2D eigenvalue weighted by atomic mass is 9.87. The van der Waals surface area contributed by atoms with Crippen molar-refractivity contribution in [1.29, 1.82) is 0 Å². The van der Waals surface area contributed by atoms with Crippen molar-refractivity contribution in [2.24, 2.45) is 17.8 Å². The highest BCUT2D eigenvalue weighted by molar-refractivity contribution is 4.80. The van der Waals surface area contributed by atoms with Crippen molar-refractivity contribution in [3.63, 3.8) is 0 Å². The summed E-state index contributed by atoms with van der Waals surface area (Å²) in [7, 11) is 0. The Morgan fingerprint density at radius 3 is 1.47 bits per heavy atom. The third kappa shape index (κ3) is 21.6. The predicted octanol–water partition coefficient (Wildman–Crippen LogP) is 6.71. The van der Waals surface area contributed by atoms with E-state index in [1.54, 1.807) is 0 Å². The molecule has 0 heterocycles. The summed E-state index contributed by atoms with van der Waals surface area (Å²) < 4.78 is 0. The van der Waals surface area contributed by atoms with Crippen molar-refractivity contribution < 1.29 is 0 Å². The van der Waals surface area contributed by atoms with Crippen LogP contribution in [0.5, 0.6) is 0 Å². The summed E-state index contributed by atoms with van der Waals surface area (Å²) in [5.41, 5.74) is 0. The molecule has 0 fully saturated rings. The van der Waals surface area contributed by atoms with Gasteiger partial charge in [0.05, 0.1) is 0 Å². The molecule has 0 saturated heterocycles. The maximum Gasteiger partial charge on any atom is -0.0322 e. The van der Waals surface area contributed by atoms with Crippen LogP contribution in [0.25, 0.3) is 0 Å². The van der Waals surface area contributed by atoms with E-state index in [-0.39, 0.29) is 0 Å². The highest BCUT2D eigenvalue weighted by Crippen LogP contribution is 2.22. The molecule has 0 spiro atoms. The molecule has 0 radical (unpaired) electrons. The summed E-state index contributed by atoms with van der Waals surface area (Å²) >= 11 is 0. The largest absolute Gasteiger partial charge is 0.0917 e. The van der Waals surface area contributed by atoms with Crippen molar-refractivity contribution in [1.82, 2.24) is 0 Å². The summed E-state index contributed by atoms with van der Waals surface area (Å²) in [5.74, 6) is 2.62. The highest BCUT2D eigenvalue weighted by Gasteiger charge is 2.10. The minimum absolute atomic E-state index is 0.833. The SMILES string of the molecule is C/C=C\CC(C)C(CC)CC.CC.CC(C)C. The lowest BCUT2D eigenvalue weighted by Crippen LogP contribution is -2.08. The molecule has 17 heavy (non-hydrogen) atoms. The Labute approximate surface area is 112 Å².